The first-order chi connectivity index (χ1) is 14.7. The number of carbonyl (C=O) groups is 1. The average molecular weight is 434 g/mol. The van der Waals surface area contributed by atoms with E-state index in [2.05, 4.69) is 16.8 Å². The van der Waals surface area contributed by atoms with Gasteiger partial charge in [-0.15, -0.1) is 6.58 Å². The number of rotatable bonds is 6. The molecular weight excluding hydrogens is 408 g/mol. The monoisotopic (exact) mass is 434 g/mol. The van der Waals surface area contributed by atoms with Gasteiger partial charge in [0.05, 0.1) is 11.5 Å². The molecule has 0 aliphatic carbocycles. The predicted octanol–water partition coefficient (Wildman–Crippen LogP) is 5.06. The number of benzene rings is 2. The maximum atomic E-state index is 13.7. The van der Waals surface area contributed by atoms with Gasteiger partial charge >= 0.3 is 6.18 Å². The quantitative estimate of drug-likeness (QED) is 0.509. The molecule has 2 aromatic rings. The Morgan fingerprint density at radius 2 is 2.00 bits per heavy atom. The molecular formula is C24H26F4N2O. The van der Waals surface area contributed by atoms with Crippen LogP contribution in [0.4, 0.5) is 17.6 Å². The molecule has 0 radical (unpaired) electrons. The number of halogens is 4. The molecule has 166 valence electrons. The van der Waals surface area contributed by atoms with Crippen molar-refractivity contribution in [1.82, 2.24) is 10.2 Å². The highest BCUT2D eigenvalue weighted by Crippen LogP contribution is 2.32. The van der Waals surface area contributed by atoms with E-state index in [0.29, 0.717) is 30.6 Å². The third-order valence-electron chi connectivity index (χ3n) is 5.66. The van der Waals surface area contributed by atoms with Crippen molar-refractivity contribution in [1.29, 1.82) is 0 Å². The summed E-state index contributed by atoms with van der Waals surface area (Å²) < 4.78 is 52.4. The molecule has 2 aromatic carbocycles. The Morgan fingerprint density at radius 1 is 1.23 bits per heavy atom. The molecule has 2 unspecified atom stereocenters. The first-order valence-corrected chi connectivity index (χ1v) is 10.2. The number of amides is 1. The standard InChI is InChI=1S/C24H26F4N2O/c1-3-9-30-14-19(18-7-8-22(25)16(2)10-18)12-20(15-30)23(31)29-13-17-5-4-6-21(11-17)24(26,27)28/h3-8,10-11,19-20H,1,9,12-15H2,2H3,(H,29,31). The zero-order valence-corrected chi connectivity index (χ0v) is 17.4. The van der Waals surface area contributed by atoms with Crippen molar-refractivity contribution in [2.24, 2.45) is 5.92 Å². The van der Waals surface area contributed by atoms with Gasteiger partial charge in [0, 0.05) is 26.2 Å². The van der Waals surface area contributed by atoms with Crippen molar-refractivity contribution < 1.29 is 22.4 Å². The summed E-state index contributed by atoms with van der Waals surface area (Å²) in [5.74, 6) is -0.736. The number of carbonyl (C=O) groups excluding carboxylic acids is 1. The average Bonchev–Trinajstić information content (AvgIpc) is 2.73. The summed E-state index contributed by atoms with van der Waals surface area (Å²) in [5, 5.41) is 2.78. The Morgan fingerprint density at radius 3 is 2.68 bits per heavy atom. The number of aryl methyl sites for hydroxylation is 1. The van der Waals surface area contributed by atoms with E-state index in [1.807, 2.05) is 6.07 Å². The van der Waals surface area contributed by atoms with Crippen molar-refractivity contribution >= 4 is 5.91 Å². The fraction of sp³-hybridized carbons (Fsp3) is 0.375. The van der Waals surface area contributed by atoms with Crippen LogP contribution >= 0.6 is 0 Å². The van der Waals surface area contributed by atoms with Gasteiger partial charge in [0.15, 0.2) is 0 Å². The fourth-order valence-corrected chi connectivity index (χ4v) is 4.07. The van der Waals surface area contributed by atoms with E-state index in [1.165, 1.54) is 12.1 Å². The van der Waals surface area contributed by atoms with Gasteiger partial charge in [-0.2, -0.15) is 13.2 Å². The lowest BCUT2D eigenvalue weighted by Crippen LogP contribution is -2.45. The van der Waals surface area contributed by atoms with Gasteiger partial charge in [0.1, 0.15) is 5.82 Å². The third-order valence-corrected chi connectivity index (χ3v) is 5.66. The topological polar surface area (TPSA) is 32.3 Å². The highest BCUT2D eigenvalue weighted by molar-refractivity contribution is 5.79. The number of nitrogens with one attached hydrogen (secondary N) is 1. The second-order valence-electron chi connectivity index (χ2n) is 8.06. The molecule has 1 aliphatic heterocycles. The smallest absolute Gasteiger partial charge is 0.352 e. The number of likely N-dealkylation sites (tertiary alicyclic amines) is 1. The zero-order valence-electron chi connectivity index (χ0n) is 17.4. The molecule has 1 aliphatic rings. The molecule has 1 N–H and O–H groups in total. The minimum atomic E-state index is -4.42. The summed E-state index contributed by atoms with van der Waals surface area (Å²) in [4.78, 5) is 15.0. The number of alkyl halides is 3. The normalized spacial score (nSPS) is 19.8. The maximum Gasteiger partial charge on any atom is 0.416 e. The molecule has 3 nitrogen and oxygen atoms in total. The second kappa shape index (κ2) is 9.64. The molecule has 1 amide bonds. The Kier molecular flexibility index (Phi) is 7.15. The first kappa shape index (κ1) is 23.0. The van der Waals surface area contributed by atoms with Crippen LogP contribution in [-0.4, -0.2) is 30.4 Å². The van der Waals surface area contributed by atoms with Gasteiger partial charge in [-0.05, 0) is 54.2 Å². The summed E-state index contributed by atoms with van der Waals surface area (Å²) in [6, 6.07) is 9.97. The van der Waals surface area contributed by atoms with Gasteiger partial charge in [-0.1, -0.05) is 30.3 Å². The molecule has 3 rings (SSSR count). The van der Waals surface area contributed by atoms with E-state index in [0.717, 1.165) is 24.2 Å². The summed E-state index contributed by atoms with van der Waals surface area (Å²) in [5.41, 5.74) is 1.20. The van der Waals surface area contributed by atoms with Crippen LogP contribution in [0.5, 0.6) is 0 Å². The highest BCUT2D eigenvalue weighted by Gasteiger charge is 2.33. The van der Waals surface area contributed by atoms with Crippen LogP contribution in [0.2, 0.25) is 0 Å². The van der Waals surface area contributed by atoms with Crippen LogP contribution in [0.15, 0.2) is 55.1 Å². The zero-order chi connectivity index (χ0) is 22.6. The molecule has 0 saturated carbocycles. The first-order valence-electron chi connectivity index (χ1n) is 10.2. The van der Waals surface area contributed by atoms with E-state index < -0.39 is 11.7 Å². The van der Waals surface area contributed by atoms with Crippen molar-refractivity contribution in [2.75, 3.05) is 19.6 Å². The number of hydrogen-bond donors (Lipinski definition) is 1. The molecule has 1 heterocycles. The Bertz CT molecular complexity index is 941. The Hall–Kier alpha value is -2.67. The Balaban J connectivity index is 1.70. The van der Waals surface area contributed by atoms with Crippen LogP contribution in [0.3, 0.4) is 0 Å². The molecule has 1 fully saturated rings. The number of hydrogen-bond acceptors (Lipinski definition) is 2. The van der Waals surface area contributed by atoms with Crippen molar-refractivity contribution in [2.45, 2.75) is 32.0 Å². The predicted molar refractivity (Wildman–Crippen MR) is 112 cm³/mol. The third kappa shape index (κ3) is 5.94. The lowest BCUT2D eigenvalue weighted by Gasteiger charge is -2.37. The van der Waals surface area contributed by atoms with E-state index in [-0.39, 0.29) is 30.1 Å². The molecule has 1 saturated heterocycles. The molecule has 0 aromatic heterocycles. The molecule has 2 atom stereocenters. The highest BCUT2D eigenvalue weighted by atomic mass is 19.4. The van der Waals surface area contributed by atoms with Gasteiger partial charge in [-0.25, -0.2) is 4.39 Å². The fourth-order valence-electron chi connectivity index (χ4n) is 4.07. The SMILES string of the molecule is C=CCN1CC(C(=O)NCc2cccc(C(F)(F)F)c2)CC(c2ccc(F)c(C)c2)C1. The van der Waals surface area contributed by atoms with E-state index >= 15 is 0 Å². The van der Waals surface area contributed by atoms with Crippen molar-refractivity contribution in [3.8, 4) is 0 Å². The van der Waals surface area contributed by atoms with Gasteiger partial charge in [0.25, 0.3) is 0 Å². The number of nitrogens with zero attached hydrogens (tertiary/aromatic N) is 1. The summed E-state index contributed by atoms with van der Waals surface area (Å²) in [6.45, 7) is 7.40. The minimum Gasteiger partial charge on any atom is -0.352 e. The van der Waals surface area contributed by atoms with Crippen LogP contribution in [-0.2, 0) is 17.5 Å². The van der Waals surface area contributed by atoms with E-state index in [1.54, 1.807) is 25.1 Å². The lowest BCUT2D eigenvalue weighted by molar-refractivity contribution is -0.137. The van der Waals surface area contributed by atoms with Gasteiger partial charge in [-0.3, -0.25) is 9.69 Å². The largest absolute Gasteiger partial charge is 0.416 e. The molecule has 7 heteroatoms. The molecule has 0 bridgehead atoms. The van der Waals surface area contributed by atoms with Crippen molar-refractivity contribution in [3.63, 3.8) is 0 Å². The molecule has 31 heavy (non-hydrogen) atoms. The molecule has 0 spiro atoms. The van der Waals surface area contributed by atoms with Crippen LogP contribution < -0.4 is 5.32 Å². The van der Waals surface area contributed by atoms with E-state index in [9.17, 15) is 22.4 Å². The van der Waals surface area contributed by atoms with Crippen molar-refractivity contribution in [3.05, 3.63) is 83.2 Å². The van der Waals surface area contributed by atoms with Crippen LogP contribution in [0, 0.1) is 18.7 Å². The summed E-state index contributed by atoms with van der Waals surface area (Å²) in [7, 11) is 0. The maximum absolute atomic E-state index is 13.7. The summed E-state index contributed by atoms with van der Waals surface area (Å²) >= 11 is 0. The van der Waals surface area contributed by atoms with Gasteiger partial charge < -0.3 is 5.32 Å². The van der Waals surface area contributed by atoms with Crippen LogP contribution in [0.25, 0.3) is 0 Å². The second-order valence-corrected chi connectivity index (χ2v) is 8.06. The summed E-state index contributed by atoms with van der Waals surface area (Å²) in [6.07, 6.45) is -2.06. The number of piperidine rings is 1. The minimum absolute atomic E-state index is 0.0288. The van der Waals surface area contributed by atoms with E-state index in [4.69, 9.17) is 0 Å². The lowest BCUT2D eigenvalue weighted by atomic mass is 9.83. The Labute approximate surface area is 179 Å². The van der Waals surface area contributed by atoms with Crippen LogP contribution in [0.1, 0.15) is 34.6 Å². The van der Waals surface area contributed by atoms with Gasteiger partial charge in [0.2, 0.25) is 5.91 Å².